The summed E-state index contributed by atoms with van der Waals surface area (Å²) in [5.41, 5.74) is 11.5. The molecule has 198 valence electrons. The molecule has 0 aromatic carbocycles. The number of likely N-dealkylation sites (tertiary alicyclic amines) is 2. The van der Waals surface area contributed by atoms with Crippen LogP contribution in [0.15, 0.2) is 0 Å². The van der Waals surface area contributed by atoms with Gasteiger partial charge in [-0.1, -0.05) is 32.1 Å². The van der Waals surface area contributed by atoms with E-state index in [1.165, 1.54) is 38.5 Å². The van der Waals surface area contributed by atoms with E-state index in [4.69, 9.17) is 16.9 Å². The number of amides is 2. The van der Waals surface area contributed by atoms with Crippen molar-refractivity contribution in [1.82, 2.24) is 15.1 Å². The van der Waals surface area contributed by atoms with Gasteiger partial charge >= 0.3 is 0 Å². The molecule has 2 amide bonds. The first-order chi connectivity index (χ1) is 17.0. The van der Waals surface area contributed by atoms with Crippen LogP contribution in [0.1, 0.15) is 83.5 Å². The average Bonchev–Trinajstić information content (AvgIpc) is 3.25. The van der Waals surface area contributed by atoms with Crippen LogP contribution in [0.25, 0.3) is 0 Å². The van der Waals surface area contributed by atoms with Crippen LogP contribution >= 0.6 is 0 Å². The van der Waals surface area contributed by atoms with Crippen LogP contribution < -0.4 is 16.8 Å². The van der Waals surface area contributed by atoms with Crippen LogP contribution in [-0.2, 0) is 9.59 Å². The van der Waals surface area contributed by atoms with Crippen LogP contribution in [0, 0.1) is 29.1 Å². The molecule has 2 heterocycles. The number of nitrogens with one attached hydrogen (secondary N) is 2. The minimum atomic E-state index is -0.0470. The number of hydrogen-bond acceptors (Lipinski definition) is 5. The van der Waals surface area contributed by atoms with Gasteiger partial charge in [-0.25, -0.2) is 0 Å². The van der Waals surface area contributed by atoms with Crippen LogP contribution in [0.2, 0.25) is 0 Å². The molecule has 0 spiro atoms. The van der Waals surface area contributed by atoms with E-state index in [0.717, 1.165) is 57.4 Å². The molecule has 6 N–H and O–H groups in total. The van der Waals surface area contributed by atoms with Crippen molar-refractivity contribution in [2.75, 3.05) is 32.7 Å². The van der Waals surface area contributed by atoms with Crippen molar-refractivity contribution in [3.05, 3.63) is 0 Å². The second-order valence-electron chi connectivity index (χ2n) is 11.6. The Morgan fingerprint density at radius 3 is 2.37 bits per heavy atom. The highest BCUT2D eigenvalue weighted by Gasteiger charge is 2.48. The number of piperidine rings is 1. The molecule has 8 nitrogen and oxygen atoms in total. The summed E-state index contributed by atoms with van der Waals surface area (Å²) in [5, 5.41) is 11.0. The number of fused-ring (bicyclic) bond motifs is 1. The highest BCUT2D eigenvalue weighted by Crippen LogP contribution is 2.43. The number of nitrogens with zero attached hydrogens (tertiary/aromatic N) is 2. The number of carbonyl (C=O) groups is 2. The largest absolute Gasteiger partial charge is 0.387 e. The molecule has 4 atom stereocenters. The minimum absolute atomic E-state index is 0.00159. The van der Waals surface area contributed by atoms with Gasteiger partial charge in [0.2, 0.25) is 11.8 Å². The third-order valence-corrected chi connectivity index (χ3v) is 9.41. The Labute approximate surface area is 211 Å². The first-order valence-electron chi connectivity index (χ1n) is 14.3. The summed E-state index contributed by atoms with van der Waals surface area (Å²) >= 11 is 0. The molecule has 4 fully saturated rings. The fourth-order valence-corrected chi connectivity index (χ4v) is 7.23. The van der Waals surface area contributed by atoms with Gasteiger partial charge in [0.25, 0.3) is 0 Å². The molecule has 0 bridgehead atoms. The summed E-state index contributed by atoms with van der Waals surface area (Å²) in [6.07, 6.45) is 14.1. The molecule has 0 radical (unpaired) electrons. The van der Waals surface area contributed by atoms with Crippen LogP contribution in [-0.4, -0.2) is 72.3 Å². The summed E-state index contributed by atoms with van der Waals surface area (Å²) in [7, 11) is 0. The second-order valence-corrected chi connectivity index (χ2v) is 11.6. The van der Waals surface area contributed by atoms with E-state index in [2.05, 4.69) is 10.2 Å². The van der Waals surface area contributed by atoms with Gasteiger partial charge in [0.05, 0.1) is 11.9 Å². The molecule has 35 heavy (non-hydrogen) atoms. The lowest BCUT2D eigenvalue weighted by Crippen LogP contribution is -2.52. The fraction of sp³-hybridized carbons (Fsp3) is 0.889. The molecule has 0 aromatic rings. The maximum Gasteiger partial charge on any atom is 0.239 e. The van der Waals surface area contributed by atoms with Gasteiger partial charge in [-0.15, -0.1) is 0 Å². The van der Waals surface area contributed by atoms with Gasteiger partial charge in [-0.2, -0.15) is 0 Å². The molecular weight excluding hydrogens is 440 g/mol. The van der Waals surface area contributed by atoms with E-state index in [1.807, 2.05) is 4.90 Å². The predicted molar refractivity (Wildman–Crippen MR) is 139 cm³/mol. The van der Waals surface area contributed by atoms with Crippen LogP contribution in [0.4, 0.5) is 0 Å². The van der Waals surface area contributed by atoms with E-state index in [-0.39, 0.29) is 29.7 Å². The molecular formula is C27H48N6O2. The first-order valence-corrected chi connectivity index (χ1v) is 14.3. The SMILES string of the molecule is N=C(N)C1CCC2CC(C(=O)N3CCC(C(=O)NCCCN)CC3)N(CCC3CCCCC3)C2C1. The molecule has 2 saturated carbocycles. The third kappa shape index (κ3) is 6.56. The molecule has 2 aliphatic carbocycles. The van der Waals surface area contributed by atoms with E-state index in [0.29, 0.717) is 44.0 Å². The van der Waals surface area contributed by atoms with Gasteiger partial charge in [0.1, 0.15) is 0 Å². The maximum atomic E-state index is 13.8. The van der Waals surface area contributed by atoms with Crippen LogP contribution in [0.5, 0.6) is 0 Å². The lowest BCUT2D eigenvalue weighted by Gasteiger charge is -2.39. The maximum absolute atomic E-state index is 13.8. The Balaban J connectivity index is 1.37. The lowest BCUT2D eigenvalue weighted by atomic mass is 9.78. The van der Waals surface area contributed by atoms with Gasteiger partial charge in [0.15, 0.2) is 0 Å². The van der Waals surface area contributed by atoms with Crippen molar-refractivity contribution < 1.29 is 9.59 Å². The number of hydrogen-bond donors (Lipinski definition) is 4. The second kappa shape index (κ2) is 12.5. The first kappa shape index (κ1) is 26.4. The minimum Gasteiger partial charge on any atom is -0.387 e. The van der Waals surface area contributed by atoms with E-state index < -0.39 is 0 Å². The summed E-state index contributed by atoms with van der Waals surface area (Å²) in [6, 6.07) is 0.329. The summed E-state index contributed by atoms with van der Waals surface area (Å²) in [4.78, 5) is 30.8. The van der Waals surface area contributed by atoms with Gasteiger partial charge in [-0.3, -0.25) is 19.9 Å². The van der Waals surface area contributed by atoms with E-state index in [1.54, 1.807) is 0 Å². The van der Waals surface area contributed by atoms with Crippen LogP contribution in [0.3, 0.4) is 0 Å². The van der Waals surface area contributed by atoms with Crippen molar-refractivity contribution in [1.29, 1.82) is 5.41 Å². The quantitative estimate of drug-likeness (QED) is 0.225. The number of nitrogens with two attached hydrogens (primary N) is 2. The summed E-state index contributed by atoms with van der Waals surface area (Å²) in [6.45, 7) is 3.56. The molecule has 2 saturated heterocycles. The topological polar surface area (TPSA) is 129 Å². The molecule has 0 aromatic heterocycles. The monoisotopic (exact) mass is 488 g/mol. The predicted octanol–water partition coefficient (Wildman–Crippen LogP) is 2.46. The zero-order chi connectivity index (χ0) is 24.8. The summed E-state index contributed by atoms with van der Waals surface area (Å²) in [5.74, 6) is 2.19. The van der Waals surface area contributed by atoms with Crippen molar-refractivity contribution >= 4 is 17.6 Å². The standard InChI is InChI=1S/C27H48N6O2/c28-12-4-13-31-26(34)20-10-14-32(15-11-20)27(35)24-17-21-7-8-22(25(29)30)18-23(21)33(24)16-9-19-5-2-1-3-6-19/h19-24H,1-18,28H2,(H3,29,30)(H,31,34). The van der Waals surface area contributed by atoms with Crippen molar-refractivity contribution in [3.63, 3.8) is 0 Å². The van der Waals surface area contributed by atoms with E-state index in [9.17, 15) is 9.59 Å². The van der Waals surface area contributed by atoms with E-state index >= 15 is 0 Å². The van der Waals surface area contributed by atoms with Gasteiger partial charge in [0, 0.05) is 37.5 Å². The summed E-state index contributed by atoms with van der Waals surface area (Å²) < 4.78 is 0. The Hall–Kier alpha value is -1.67. The highest BCUT2D eigenvalue weighted by atomic mass is 16.2. The van der Waals surface area contributed by atoms with Crippen molar-refractivity contribution in [2.45, 2.75) is 95.6 Å². The van der Waals surface area contributed by atoms with Crippen molar-refractivity contribution in [2.24, 2.45) is 35.1 Å². The molecule has 8 heteroatoms. The average molecular weight is 489 g/mol. The number of carbonyl (C=O) groups excluding carboxylic acids is 2. The Morgan fingerprint density at radius 2 is 1.69 bits per heavy atom. The zero-order valence-corrected chi connectivity index (χ0v) is 21.6. The fourth-order valence-electron chi connectivity index (χ4n) is 7.23. The Morgan fingerprint density at radius 1 is 0.943 bits per heavy atom. The lowest BCUT2D eigenvalue weighted by molar-refractivity contribution is -0.140. The number of rotatable bonds is 9. The van der Waals surface area contributed by atoms with Crippen molar-refractivity contribution in [3.8, 4) is 0 Å². The van der Waals surface area contributed by atoms with Gasteiger partial charge < -0.3 is 21.7 Å². The van der Waals surface area contributed by atoms with Gasteiger partial charge in [-0.05, 0) is 76.3 Å². The molecule has 4 aliphatic rings. The third-order valence-electron chi connectivity index (χ3n) is 9.41. The molecule has 4 unspecified atom stereocenters. The molecule has 2 aliphatic heterocycles. The molecule has 4 rings (SSSR count). The Bertz CT molecular complexity index is 731. The Kier molecular flexibility index (Phi) is 9.45. The smallest absolute Gasteiger partial charge is 0.239 e. The highest BCUT2D eigenvalue weighted by molar-refractivity contribution is 5.84. The number of amidine groups is 1. The zero-order valence-electron chi connectivity index (χ0n) is 21.6. The normalized spacial score (nSPS) is 30.7.